The highest BCUT2D eigenvalue weighted by Gasteiger charge is 2.02. The number of halogens is 1. The summed E-state index contributed by atoms with van der Waals surface area (Å²) in [5.74, 6) is -0.983. The van der Waals surface area contributed by atoms with Gasteiger partial charge in [-0.05, 0) is 24.6 Å². The first-order chi connectivity index (χ1) is 9.06. The van der Waals surface area contributed by atoms with Gasteiger partial charge < -0.3 is 5.11 Å². The van der Waals surface area contributed by atoms with E-state index in [0.717, 1.165) is 28.1 Å². The van der Waals surface area contributed by atoms with Gasteiger partial charge in [0, 0.05) is 17.0 Å². The first-order valence-corrected chi connectivity index (χ1v) is 6.08. The van der Waals surface area contributed by atoms with Crippen LogP contribution in [0.5, 0.6) is 0 Å². The zero-order chi connectivity index (χ0) is 13.8. The van der Waals surface area contributed by atoms with Crippen LogP contribution in [0.4, 0.5) is 0 Å². The van der Waals surface area contributed by atoms with Gasteiger partial charge in [0.05, 0.1) is 5.52 Å². The minimum atomic E-state index is -0.983. The third-order valence-electron chi connectivity index (χ3n) is 2.58. The van der Waals surface area contributed by atoms with Gasteiger partial charge in [0.15, 0.2) is 0 Å². The number of pyridine rings is 1. The average molecular weight is 274 g/mol. The van der Waals surface area contributed by atoms with Crippen molar-refractivity contribution in [1.29, 1.82) is 0 Å². The summed E-state index contributed by atoms with van der Waals surface area (Å²) in [6.45, 7) is 2.00. The number of aliphatic carboxylic acids is 1. The van der Waals surface area contributed by atoms with E-state index in [2.05, 4.69) is 4.98 Å². The number of carboxylic acids is 1. The lowest BCUT2D eigenvalue weighted by atomic mass is 10.1. The molecular weight excluding hydrogens is 262 g/mol. The summed E-state index contributed by atoms with van der Waals surface area (Å²) in [6.07, 6.45) is 5.85. The van der Waals surface area contributed by atoms with Crippen LogP contribution < -0.4 is 0 Å². The van der Waals surface area contributed by atoms with Crippen molar-refractivity contribution in [1.82, 2.24) is 4.98 Å². The second-order valence-corrected chi connectivity index (χ2v) is 4.48. The zero-order valence-corrected chi connectivity index (χ0v) is 11.1. The minimum Gasteiger partial charge on any atom is -0.478 e. The van der Waals surface area contributed by atoms with E-state index < -0.39 is 5.97 Å². The second-order valence-electron chi connectivity index (χ2n) is 4.12. The molecule has 2 aromatic rings. The molecule has 1 aromatic heterocycles. The van der Waals surface area contributed by atoms with E-state index in [1.54, 1.807) is 12.2 Å². The van der Waals surface area contributed by atoms with Crippen molar-refractivity contribution in [2.75, 3.05) is 0 Å². The van der Waals surface area contributed by atoms with Crippen molar-refractivity contribution in [3.8, 4) is 0 Å². The van der Waals surface area contributed by atoms with Gasteiger partial charge >= 0.3 is 5.97 Å². The highest BCUT2D eigenvalue weighted by molar-refractivity contribution is 6.31. The van der Waals surface area contributed by atoms with Crippen molar-refractivity contribution < 1.29 is 9.90 Å². The summed E-state index contributed by atoms with van der Waals surface area (Å²) in [6, 6.07) is 7.89. The Hall–Kier alpha value is -2.13. The van der Waals surface area contributed by atoms with Gasteiger partial charge in [-0.1, -0.05) is 42.0 Å². The molecule has 0 spiro atoms. The molecule has 2 rings (SSSR count). The molecule has 0 bridgehead atoms. The topological polar surface area (TPSA) is 50.2 Å². The van der Waals surface area contributed by atoms with Crippen LogP contribution in [0, 0.1) is 6.92 Å². The second kappa shape index (κ2) is 5.67. The van der Waals surface area contributed by atoms with Crippen LogP contribution in [0.1, 0.15) is 11.1 Å². The van der Waals surface area contributed by atoms with Gasteiger partial charge in [-0.3, -0.25) is 0 Å². The molecule has 0 aliphatic carbocycles. The van der Waals surface area contributed by atoms with E-state index in [4.69, 9.17) is 16.7 Å². The molecule has 96 valence electrons. The van der Waals surface area contributed by atoms with Crippen LogP contribution in [-0.2, 0) is 4.79 Å². The highest BCUT2D eigenvalue weighted by Crippen LogP contribution is 2.22. The Morgan fingerprint density at radius 3 is 2.84 bits per heavy atom. The van der Waals surface area contributed by atoms with Crippen LogP contribution in [0.3, 0.4) is 0 Å². The monoisotopic (exact) mass is 273 g/mol. The number of carbonyl (C=O) groups is 1. The molecule has 0 aliphatic heterocycles. The molecule has 0 radical (unpaired) electrons. The predicted molar refractivity (Wildman–Crippen MR) is 77.3 cm³/mol. The first kappa shape index (κ1) is 13.3. The van der Waals surface area contributed by atoms with Gasteiger partial charge in [0.25, 0.3) is 0 Å². The Bertz CT molecular complexity index is 690. The number of aryl methyl sites for hydroxylation is 1. The van der Waals surface area contributed by atoms with E-state index in [9.17, 15) is 4.79 Å². The zero-order valence-electron chi connectivity index (χ0n) is 10.3. The first-order valence-electron chi connectivity index (χ1n) is 5.71. The number of rotatable bonds is 3. The molecule has 19 heavy (non-hydrogen) atoms. The summed E-state index contributed by atoms with van der Waals surface area (Å²) in [7, 11) is 0. The van der Waals surface area contributed by atoms with Crippen molar-refractivity contribution in [2.24, 2.45) is 0 Å². The number of nitrogens with zero attached hydrogens (tertiary/aromatic N) is 1. The molecule has 1 heterocycles. The number of hydrogen-bond acceptors (Lipinski definition) is 2. The average Bonchev–Trinajstić information content (AvgIpc) is 2.34. The van der Waals surface area contributed by atoms with Gasteiger partial charge in [-0.15, -0.1) is 0 Å². The molecule has 3 nitrogen and oxygen atoms in total. The number of fused-ring (bicyclic) bond motifs is 1. The van der Waals surface area contributed by atoms with E-state index >= 15 is 0 Å². The molecule has 1 N–H and O–H groups in total. The van der Waals surface area contributed by atoms with E-state index in [0.29, 0.717) is 5.15 Å². The van der Waals surface area contributed by atoms with Crippen LogP contribution in [0.25, 0.3) is 17.0 Å². The molecule has 0 saturated heterocycles. The molecule has 0 unspecified atom stereocenters. The van der Waals surface area contributed by atoms with E-state index in [1.165, 1.54) is 6.08 Å². The summed E-state index contributed by atoms with van der Waals surface area (Å²) in [5.41, 5.74) is 2.74. The molecular formula is C15H12ClNO2. The molecule has 0 amide bonds. The van der Waals surface area contributed by atoms with Crippen molar-refractivity contribution in [3.05, 3.63) is 58.8 Å². The van der Waals surface area contributed by atoms with Gasteiger partial charge in [-0.2, -0.15) is 0 Å². The van der Waals surface area contributed by atoms with Gasteiger partial charge in [-0.25, -0.2) is 9.78 Å². The quantitative estimate of drug-likeness (QED) is 0.525. The smallest absolute Gasteiger partial charge is 0.328 e. The van der Waals surface area contributed by atoms with E-state index in [1.807, 2.05) is 31.2 Å². The lowest BCUT2D eigenvalue weighted by molar-refractivity contribution is -0.131. The molecule has 0 aliphatic rings. The number of allylic oxidation sites excluding steroid dienone is 2. The fraction of sp³-hybridized carbons (Fsp3) is 0.0667. The van der Waals surface area contributed by atoms with Crippen molar-refractivity contribution in [2.45, 2.75) is 6.92 Å². The minimum absolute atomic E-state index is 0.401. The third kappa shape index (κ3) is 3.42. The molecule has 0 atom stereocenters. The van der Waals surface area contributed by atoms with Crippen LogP contribution in [-0.4, -0.2) is 16.1 Å². The maximum absolute atomic E-state index is 10.3. The number of benzene rings is 1. The Balaban J connectivity index is 2.36. The number of hydrogen-bond donors (Lipinski definition) is 1. The lowest BCUT2D eigenvalue weighted by Crippen LogP contribution is -1.86. The predicted octanol–water partition coefficient (Wildman–Crippen LogP) is 3.85. The lowest BCUT2D eigenvalue weighted by Gasteiger charge is -2.03. The highest BCUT2D eigenvalue weighted by atomic mass is 35.5. The Morgan fingerprint density at radius 1 is 1.32 bits per heavy atom. The SMILES string of the molecule is Cc1ccc2cc(C=CC=CC(=O)O)c(Cl)nc2c1. The maximum Gasteiger partial charge on any atom is 0.328 e. The largest absolute Gasteiger partial charge is 0.478 e. The molecule has 1 aromatic carbocycles. The van der Waals surface area contributed by atoms with Crippen LogP contribution in [0.2, 0.25) is 5.15 Å². The van der Waals surface area contributed by atoms with Crippen molar-refractivity contribution >= 4 is 34.5 Å². The summed E-state index contributed by atoms with van der Waals surface area (Å²) in [4.78, 5) is 14.6. The summed E-state index contributed by atoms with van der Waals surface area (Å²) >= 11 is 6.09. The van der Waals surface area contributed by atoms with Gasteiger partial charge in [0.2, 0.25) is 0 Å². The van der Waals surface area contributed by atoms with Crippen LogP contribution >= 0.6 is 11.6 Å². The Morgan fingerprint density at radius 2 is 2.11 bits per heavy atom. The maximum atomic E-state index is 10.3. The van der Waals surface area contributed by atoms with Crippen LogP contribution in [0.15, 0.2) is 42.5 Å². The number of aromatic nitrogens is 1. The third-order valence-corrected chi connectivity index (χ3v) is 2.88. The summed E-state index contributed by atoms with van der Waals surface area (Å²) in [5, 5.41) is 9.87. The molecule has 0 saturated carbocycles. The Labute approximate surface area is 115 Å². The standard InChI is InChI=1S/C15H12ClNO2/c1-10-6-7-11-9-12(4-2-3-5-14(18)19)15(16)17-13(11)8-10/h2-9H,1H3,(H,18,19). The van der Waals surface area contributed by atoms with Gasteiger partial charge in [0.1, 0.15) is 5.15 Å². The molecule has 4 heteroatoms. The Kier molecular flexibility index (Phi) is 3.97. The summed E-state index contributed by atoms with van der Waals surface area (Å²) < 4.78 is 0. The fourth-order valence-corrected chi connectivity index (χ4v) is 1.89. The van der Waals surface area contributed by atoms with Crippen molar-refractivity contribution in [3.63, 3.8) is 0 Å². The normalized spacial score (nSPS) is 11.7. The fourth-order valence-electron chi connectivity index (χ4n) is 1.68. The van der Waals surface area contributed by atoms with E-state index in [-0.39, 0.29) is 0 Å². The molecule has 0 fully saturated rings. The number of carboxylic acid groups (broad SMARTS) is 1.